The van der Waals surface area contributed by atoms with Crippen LogP contribution in [-0.4, -0.2) is 5.11 Å². The Labute approximate surface area is 97.5 Å². The maximum absolute atomic E-state index is 10.1. The largest absolute Gasteiger partial charge is 0.385 e. The van der Waals surface area contributed by atoms with Crippen molar-refractivity contribution < 1.29 is 5.11 Å². The van der Waals surface area contributed by atoms with E-state index in [-0.39, 0.29) is 0 Å². The molecule has 0 amide bonds. The molecule has 0 aliphatic heterocycles. The fraction of sp³-hybridized carbons (Fsp3) is 0.600. The second kappa shape index (κ2) is 3.89. The van der Waals surface area contributed by atoms with E-state index in [4.69, 9.17) is 0 Å². The molecule has 0 saturated heterocycles. The first kappa shape index (κ1) is 10.3. The summed E-state index contributed by atoms with van der Waals surface area (Å²) >= 11 is 0. The average Bonchev–Trinajstić information content (AvgIpc) is 3.10. The van der Waals surface area contributed by atoms with Crippen LogP contribution in [0.3, 0.4) is 0 Å². The van der Waals surface area contributed by atoms with Crippen LogP contribution in [0.4, 0.5) is 0 Å². The molecule has 0 heterocycles. The van der Waals surface area contributed by atoms with Crippen molar-refractivity contribution in [3.05, 3.63) is 35.4 Å². The summed E-state index contributed by atoms with van der Waals surface area (Å²) in [5.41, 5.74) is 2.14. The summed E-state index contributed by atoms with van der Waals surface area (Å²) in [7, 11) is 0. The van der Waals surface area contributed by atoms with Crippen molar-refractivity contribution in [2.24, 2.45) is 0 Å². The Kier molecular flexibility index (Phi) is 2.51. The van der Waals surface area contributed by atoms with Crippen molar-refractivity contribution in [1.29, 1.82) is 0 Å². The summed E-state index contributed by atoms with van der Waals surface area (Å²) in [4.78, 5) is 0. The van der Waals surface area contributed by atoms with Crippen molar-refractivity contribution in [3.8, 4) is 0 Å². The summed E-state index contributed by atoms with van der Waals surface area (Å²) in [5, 5.41) is 10.1. The normalized spacial score (nSPS) is 24.3. The predicted molar refractivity (Wildman–Crippen MR) is 65.4 cm³/mol. The van der Waals surface area contributed by atoms with Gasteiger partial charge in [0, 0.05) is 0 Å². The molecule has 2 aliphatic carbocycles. The number of hydrogen-bond acceptors (Lipinski definition) is 1. The van der Waals surface area contributed by atoms with Gasteiger partial charge in [-0.15, -0.1) is 0 Å². The van der Waals surface area contributed by atoms with Gasteiger partial charge in [-0.2, -0.15) is 0 Å². The van der Waals surface area contributed by atoms with Gasteiger partial charge in [0.25, 0.3) is 0 Å². The first-order chi connectivity index (χ1) is 7.78. The molecule has 1 N–H and O–H groups in total. The number of hydrogen-bond donors (Lipinski definition) is 1. The molecule has 1 heteroatoms. The molecule has 0 unspecified atom stereocenters. The lowest BCUT2D eigenvalue weighted by Crippen LogP contribution is -2.08. The molecule has 16 heavy (non-hydrogen) atoms. The smallest absolute Gasteiger partial charge is 0.0899 e. The third kappa shape index (κ3) is 1.89. The van der Waals surface area contributed by atoms with Crippen molar-refractivity contribution in [3.63, 3.8) is 0 Å². The standard InChI is InChI=1S/C15H20O/c16-15(9-10-15)14-8-4-7-13(11-14)12-5-2-1-3-6-12/h4,7-8,11-12,16H,1-3,5-6,9-10H2. The van der Waals surface area contributed by atoms with Crippen LogP contribution in [0.5, 0.6) is 0 Å². The highest BCUT2D eigenvalue weighted by molar-refractivity contribution is 5.33. The Bertz CT molecular complexity index is 373. The SMILES string of the molecule is OC1(c2cccc(C3CCCCC3)c2)CC1. The van der Waals surface area contributed by atoms with Crippen molar-refractivity contribution in [1.82, 2.24) is 0 Å². The van der Waals surface area contributed by atoms with Crippen LogP contribution in [0.25, 0.3) is 0 Å². The van der Waals surface area contributed by atoms with Gasteiger partial charge in [0.1, 0.15) is 0 Å². The topological polar surface area (TPSA) is 20.2 Å². The minimum atomic E-state index is -0.468. The number of aliphatic hydroxyl groups is 1. The quantitative estimate of drug-likeness (QED) is 0.799. The minimum absolute atomic E-state index is 0.468. The zero-order valence-electron chi connectivity index (χ0n) is 9.78. The van der Waals surface area contributed by atoms with Crippen LogP contribution in [0, 0.1) is 0 Å². The summed E-state index contributed by atoms with van der Waals surface area (Å²) < 4.78 is 0. The van der Waals surface area contributed by atoms with Crippen LogP contribution < -0.4 is 0 Å². The molecule has 0 bridgehead atoms. The molecule has 2 saturated carbocycles. The Hall–Kier alpha value is -0.820. The van der Waals surface area contributed by atoms with E-state index in [2.05, 4.69) is 24.3 Å². The van der Waals surface area contributed by atoms with Gasteiger partial charge in [-0.1, -0.05) is 43.5 Å². The van der Waals surface area contributed by atoms with E-state index >= 15 is 0 Å². The van der Waals surface area contributed by atoms with E-state index in [1.807, 2.05) is 0 Å². The first-order valence-electron chi connectivity index (χ1n) is 6.61. The maximum Gasteiger partial charge on any atom is 0.0899 e. The zero-order valence-corrected chi connectivity index (χ0v) is 9.78. The Morgan fingerprint density at radius 3 is 2.50 bits per heavy atom. The molecule has 86 valence electrons. The van der Waals surface area contributed by atoms with Crippen LogP contribution in [0.1, 0.15) is 62.0 Å². The van der Waals surface area contributed by atoms with Gasteiger partial charge >= 0.3 is 0 Å². The fourth-order valence-corrected chi connectivity index (χ4v) is 2.93. The molecule has 0 radical (unpaired) electrons. The van der Waals surface area contributed by atoms with Crippen LogP contribution >= 0.6 is 0 Å². The fourth-order valence-electron chi connectivity index (χ4n) is 2.93. The van der Waals surface area contributed by atoms with Crippen molar-refractivity contribution in [2.75, 3.05) is 0 Å². The van der Waals surface area contributed by atoms with Gasteiger partial charge in [-0.3, -0.25) is 0 Å². The minimum Gasteiger partial charge on any atom is -0.385 e. The Morgan fingerprint density at radius 2 is 1.81 bits per heavy atom. The van der Waals surface area contributed by atoms with Gasteiger partial charge in [-0.05, 0) is 42.7 Å². The summed E-state index contributed by atoms with van der Waals surface area (Å²) in [6.45, 7) is 0. The summed E-state index contributed by atoms with van der Waals surface area (Å²) in [5.74, 6) is 0.746. The molecule has 1 nitrogen and oxygen atoms in total. The number of rotatable bonds is 2. The van der Waals surface area contributed by atoms with Gasteiger partial charge in [0.15, 0.2) is 0 Å². The molecule has 2 aliphatic rings. The highest BCUT2D eigenvalue weighted by atomic mass is 16.3. The van der Waals surface area contributed by atoms with E-state index in [0.29, 0.717) is 0 Å². The molecule has 1 aromatic carbocycles. The highest BCUT2D eigenvalue weighted by Gasteiger charge is 2.42. The van der Waals surface area contributed by atoms with E-state index < -0.39 is 5.60 Å². The lowest BCUT2D eigenvalue weighted by molar-refractivity contribution is 0.151. The van der Waals surface area contributed by atoms with Crippen molar-refractivity contribution >= 4 is 0 Å². The van der Waals surface area contributed by atoms with Gasteiger partial charge in [0.05, 0.1) is 5.60 Å². The molecule has 2 fully saturated rings. The molecule has 0 atom stereocenters. The molecule has 0 aromatic heterocycles. The average molecular weight is 216 g/mol. The van der Waals surface area contributed by atoms with Crippen LogP contribution in [0.2, 0.25) is 0 Å². The zero-order chi connectivity index (χ0) is 11.0. The van der Waals surface area contributed by atoms with E-state index in [1.54, 1.807) is 0 Å². The predicted octanol–water partition coefficient (Wildman–Crippen LogP) is 3.72. The molecule has 3 rings (SSSR count). The maximum atomic E-state index is 10.1. The third-order valence-corrected chi connectivity index (χ3v) is 4.22. The monoisotopic (exact) mass is 216 g/mol. The van der Waals surface area contributed by atoms with Crippen LogP contribution in [-0.2, 0) is 5.60 Å². The second-order valence-electron chi connectivity index (χ2n) is 5.49. The van der Waals surface area contributed by atoms with Gasteiger partial charge < -0.3 is 5.11 Å². The summed E-state index contributed by atoms with van der Waals surface area (Å²) in [6.07, 6.45) is 8.71. The van der Waals surface area contributed by atoms with E-state index in [1.165, 1.54) is 37.7 Å². The number of benzene rings is 1. The lowest BCUT2D eigenvalue weighted by Gasteiger charge is -2.23. The van der Waals surface area contributed by atoms with E-state index in [9.17, 15) is 5.11 Å². The summed E-state index contributed by atoms with van der Waals surface area (Å²) in [6, 6.07) is 8.70. The van der Waals surface area contributed by atoms with Gasteiger partial charge in [-0.25, -0.2) is 0 Å². The second-order valence-corrected chi connectivity index (χ2v) is 5.49. The van der Waals surface area contributed by atoms with E-state index in [0.717, 1.165) is 24.3 Å². The van der Waals surface area contributed by atoms with Gasteiger partial charge in [0.2, 0.25) is 0 Å². The third-order valence-electron chi connectivity index (χ3n) is 4.22. The van der Waals surface area contributed by atoms with Crippen LogP contribution in [0.15, 0.2) is 24.3 Å². The first-order valence-corrected chi connectivity index (χ1v) is 6.61. The van der Waals surface area contributed by atoms with Crippen molar-refractivity contribution in [2.45, 2.75) is 56.5 Å². The Morgan fingerprint density at radius 1 is 1.06 bits per heavy atom. The Balaban J connectivity index is 1.84. The highest BCUT2D eigenvalue weighted by Crippen LogP contribution is 2.46. The molecular formula is C15H20O. The molecule has 0 spiro atoms. The lowest BCUT2D eigenvalue weighted by atomic mass is 9.83. The molecule has 1 aromatic rings. The molecular weight excluding hydrogens is 196 g/mol.